The lowest BCUT2D eigenvalue weighted by atomic mass is 10.1. The summed E-state index contributed by atoms with van der Waals surface area (Å²) in [5, 5.41) is 0. The van der Waals surface area contributed by atoms with E-state index in [0.717, 1.165) is 0 Å². The minimum atomic E-state index is -0.167. The van der Waals surface area contributed by atoms with Crippen LogP contribution in [0.15, 0.2) is 47.1 Å². The highest BCUT2D eigenvalue weighted by Gasteiger charge is 2.13. The van der Waals surface area contributed by atoms with E-state index in [1.54, 1.807) is 36.4 Å². The number of hydrogen-bond acceptors (Lipinski definition) is 3. The van der Waals surface area contributed by atoms with Crippen LogP contribution in [0, 0.1) is 0 Å². The predicted octanol–water partition coefficient (Wildman–Crippen LogP) is 2.66. The number of nitrogens with zero attached hydrogens (tertiary/aromatic N) is 1. The van der Waals surface area contributed by atoms with Crippen molar-refractivity contribution in [1.82, 2.24) is 4.98 Å². The smallest absolute Gasteiger partial charge is 0.213 e. The van der Waals surface area contributed by atoms with E-state index in [1.807, 2.05) is 6.07 Å². The first-order chi connectivity index (χ1) is 7.68. The second-order valence-corrected chi connectivity index (χ2v) is 4.08. The van der Waals surface area contributed by atoms with Gasteiger partial charge in [-0.25, -0.2) is 4.98 Å². The van der Waals surface area contributed by atoms with Crippen molar-refractivity contribution in [2.45, 2.75) is 0 Å². The van der Waals surface area contributed by atoms with Gasteiger partial charge in [0, 0.05) is 5.56 Å². The maximum Gasteiger partial charge on any atom is 0.213 e. The first-order valence-electron chi connectivity index (χ1n) is 4.70. The van der Waals surface area contributed by atoms with Crippen LogP contribution in [-0.2, 0) is 0 Å². The molecule has 2 aromatic rings. The fourth-order valence-corrected chi connectivity index (χ4v) is 1.66. The highest BCUT2D eigenvalue weighted by atomic mass is 79.9. The van der Waals surface area contributed by atoms with E-state index in [4.69, 9.17) is 5.73 Å². The molecule has 0 unspecified atom stereocenters. The van der Waals surface area contributed by atoms with Gasteiger partial charge in [0.25, 0.3) is 0 Å². The molecular formula is C12H9BrN2O. The lowest BCUT2D eigenvalue weighted by Crippen LogP contribution is -2.08. The van der Waals surface area contributed by atoms with Crippen LogP contribution in [0.1, 0.15) is 16.1 Å². The van der Waals surface area contributed by atoms with E-state index in [1.165, 1.54) is 0 Å². The van der Waals surface area contributed by atoms with Gasteiger partial charge < -0.3 is 5.73 Å². The summed E-state index contributed by atoms with van der Waals surface area (Å²) in [6, 6.07) is 12.3. The molecule has 0 spiro atoms. The monoisotopic (exact) mass is 276 g/mol. The topological polar surface area (TPSA) is 56.0 Å². The first-order valence-corrected chi connectivity index (χ1v) is 5.49. The summed E-state index contributed by atoms with van der Waals surface area (Å²) in [7, 11) is 0. The van der Waals surface area contributed by atoms with Gasteiger partial charge in [-0.2, -0.15) is 0 Å². The Hall–Kier alpha value is -1.68. The fraction of sp³-hybridized carbons (Fsp3) is 0. The van der Waals surface area contributed by atoms with Crippen molar-refractivity contribution in [3.8, 4) is 0 Å². The summed E-state index contributed by atoms with van der Waals surface area (Å²) in [4.78, 5) is 16.1. The van der Waals surface area contributed by atoms with Gasteiger partial charge in [0.05, 0.1) is 5.69 Å². The highest BCUT2D eigenvalue weighted by molar-refractivity contribution is 9.10. The Bertz CT molecular complexity index is 526. The number of anilines is 1. The molecule has 4 heteroatoms. The number of ketones is 1. The van der Waals surface area contributed by atoms with Gasteiger partial charge >= 0.3 is 0 Å². The molecule has 0 saturated heterocycles. The molecule has 2 N–H and O–H groups in total. The van der Waals surface area contributed by atoms with Crippen LogP contribution in [0.3, 0.4) is 0 Å². The third-order valence-corrected chi connectivity index (χ3v) is 2.59. The van der Waals surface area contributed by atoms with Crippen molar-refractivity contribution >= 4 is 27.4 Å². The normalized spacial score (nSPS) is 10.1. The number of carbonyl (C=O) groups is 1. The maximum absolute atomic E-state index is 12.1. The zero-order chi connectivity index (χ0) is 11.5. The zero-order valence-corrected chi connectivity index (χ0v) is 9.94. The maximum atomic E-state index is 12.1. The van der Waals surface area contributed by atoms with Crippen LogP contribution in [0.25, 0.3) is 0 Å². The minimum absolute atomic E-state index is 0.167. The van der Waals surface area contributed by atoms with Gasteiger partial charge in [-0.15, -0.1) is 0 Å². The number of aromatic nitrogens is 1. The molecular weight excluding hydrogens is 268 g/mol. The van der Waals surface area contributed by atoms with Crippen LogP contribution >= 0.6 is 15.9 Å². The SMILES string of the molecule is Nc1ccc(Br)nc1C(=O)c1ccccc1. The van der Waals surface area contributed by atoms with Crippen molar-refractivity contribution in [2.75, 3.05) is 5.73 Å². The zero-order valence-electron chi connectivity index (χ0n) is 8.35. The summed E-state index contributed by atoms with van der Waals surface area (Å²) < 4.78 is 0.598. The van der Waals surface area contributed by atoms with E-state index in [-0.39, 0.29) is 11.5 Å². The van der Waals surface area contributed by atoms with Crippen LogP contribution < -0.4 is 5.73 Å². The number of nitrogens with two attached hydrogens (primary N) is 1. The number of benzene rings is 1. The van der Waals surface area contributed by atoms with Crippen molar-refractivity contribution < 1.29 is 4.79 Å². The molecule has 1 heterocycles. The molecule has 0 aliphatic carbocycles. The number of carbonyl (C=O) groups excluding carboxylic acids is 1. The van der Waals surface area contributed by atoms with Gasteiger partial charge in [-0.05, 0) is 28.1 Å². The van der Waals surface area contributed by atoms with Gasteiger partial charge in [0.2, 0.25) is 5.78 Å². The number of rotatable bonds is 2. The van der Waals surface area contributed by atoms with Crippen molar-refractivity contribution in [2.24, 2.45) is 0 Å². The highest BCUT2D eigenvalue weighted by Crippen LogP contribution is 2.17. The lowest BCUT2D eigenvalue weighted by molar-refractivity contribution is 0.103. The minimum Gasteiger partial charge on any atom is -0.397 e. The van der Waals surface area contributed by atoms with Gasteiger partial charge in [-0.3, -0.25) is 4.79 Å². The molecule has 0 aliphatic rings. The van der Waals surface area contributed by atoms with Gasteiger partial charge in [-0.1, -0.05) is 30.3 Å². The van der Waals surface area contributed by atoms with Crippen LogP contribution in [-0.4, -0.2) is 10.8 Å². The van der Waals surface area contributed by atoms with E-state index in [9.17, 15) is 4.79 Å². The quantitative estimate of drug-likeness (QED) is 0.678. The van der Waals surface area contributed by atoms with E-state index < -0.39 is 0 Å². The summed E-state index contributed by atoms with van der Waals surface area (Å²) in [6.45, 7) is 0. The van der Waals surface area contributed by atoms with E-state index >= 15 is 0 Å². The molecule has 0 bridgehead atoms. The molecule has 0 saturated carbocycles. The molecule has 16 heavy (non-hydrogen) atoms. The van der Waals surface area contributed by atoms with Crippen molar-refractivity contribution in [3.05, 3.63) is 58.3 Å². The first kappa shape index (κ1) is 10.8. The second-order valence-electron chi connectivity index (χ2n) is 3.27. The number of halogens is 1. The van der Waals surface area contributed by atoms with Gasteiger partial charge in [0.1, 0.15) is 10.3 Å². The fourth-order valence-electron chi connectivity index (χ4n) is 1.35. The Morgan fingerprint density at radius 3 is 2.50 bits per heavy atom. The lowest BCUT2D eigenvalue weighted by Gasteiger charge is -2.04. The third-order valence-electron chi connectivity index (χ3n) is 2.14. The summed E-state index contributed by atoms with van der Waals surface area (Å²) in [6.07, 6.45) is 0. The molecule has 0 aliphatic heterocycles. The van der Waals surface area contributed by atoms with E-state index in [0.29, 0.717) is 15.9 Å². The molecule has 1 aromatic heterocycles. The molecule has 0 fully saturated rings. The molecule has 0 atom stereocenters. The summed E-state index contributed by atoms with van der Waals surface area (Å²) >= 11 is 3.22. The molecule has 0 amide bonds. The molecule has 1 aromatic carbocycles. The third kappa shape index (κ3) is 2.12. The molecule has 2 rings (SSSR count). The predicted molar refractivity (Wildman–Crippen MR) is 66.2 cm³/mol. The molecule has 80 valence electrons. The Balaban J connectivity index is 2.46. The average molecular weight is 277 g/mol. The Morgan fingerprint density at radius 2 is 1.81 bits per heavy atom. The summed E-state index contributed by atoms with van der Waals surface area (Å²) in [5.41, 5.74) is 6.97. The van der Waals surface area contributed by atoms with Gasteiger partial charge in [0.15, 0.2) is 0 Å². The summed E-state index contributed by atoms with van der Waals surface area (Å²) in [5.74, 6) is -0.167. The average Bonchev–Trinajstić information content (AvgIpc) is 2.32. The Kier molecular flexibility index (Phi) is 3.01. The Labute approximate surface area is 101 Å². The van der Waals surface area contributed by atoms with E-state index in [2.05, 4.69) is 20.9 Å². The number of nitrogen functional groups attached to an aromatic ring is 1. The Morgan fingerprint density at radius 1 is 1.12 bits per heavy atom. The number of hydrogen-bond donors (Lipinski definition) is 1. The molecule has 0 radical (unpaired) electrons. The number of pyridine rings is 1. The van der Waals surface area contributed by atoms with Crippen LogP contribution in [0.5, 0.6) is 0 Å². The van der Waals surface area contributed by atoms with Crippen LogP contribution in [0.2, 0.25) is 0 Å². The largest absolute Gasteiger partial charge is 0.397 e. The van der Waals surface area contributed by atoms with Crippen molar-refractivity contribution in [3.63, 3.8) is 0 Å². The molecule has 3 nitrogen and oxygen atoms in total. The second kappa shape index (κ2) is 4.45. The van der Waals surface area contributed by atoms with Crippen molar-refractivity contribution in [1.29, 1.82) is 0 Å². The standard InChI is InChI=1S/C12H9BrN2O/c13-10-7-6-9(14)11(15-10)12(16)8-4-2-1-3-5-8/h1-7H,14H2. The van der Waals surface area contributed by atoms with Crippen LogP contribution in [0.4, 0.5) is 5.69 Å².